The number of aromatic nitrogens is 4. The molecule has 3 heterocycles. The van der Waals surface area contributed by atoms with Gasteiger partial charge in [0.1, 0.15) is 6.54 Å². The molecule has 0 bridgehead atoms. The normalized spacial score (nSPS) is 13.7. The number of hydrogen-bond donors (Lipinski definition) is 2. The zero-order valence-electron chi connectivity index (χ0n) is 12.7. The number of aromatic amines is 1. The van der Waals surface area contributed by atoms with Crippen LogP contribution in [0.2, 0.25) is 0 Å². The Balaban J connectivity index is 1.52. The molecule has 2 N–H and O–H groups in total. The highest BCUT2D eigenvalue weighted by Gasteiger charge is 2.18. The van der Waals surface area contributed by atoms with E-state index in [0.717, 1.165) is 23.4 Å². The van der Waals surface area contributed by atoms with Crippen molar-refractivity contribution in [2.45, 2.75) is 32.2 Å². The fraction of sp³-hybridized carbons (Fsp3) is 0.333. The van der Waals surface area contributed by atoms with Gasteiger partial charge in [-0.25, -0.2) is 4.98 Å². The fourth-order valence-corrected chi connectivity index (χ4v) is 4.75. The highest BCUT2D eigenvalue weighted by molar-refractivity contribution is 7.71. The lowest BCUT2D eigenvalue weighted by Gasteiger charge is -2.06. The minimum absolute atomic E-state index is 0.118. The van der Waals surface area contributed by atoms with E-state index in [-0.39, 0.29) is 12.5 Å². The second-order valence-corrected chi connectivity index (χ2v) is 7.98. The van der Waals surface area contributed by atoms with Crippen molar-refractivity contribution in [1.29, 1.82) is 0 Å². The predicted octanol–water partition coefficient (Wildman–Crippen LogP) is 3.64. The van der Waals surface area contributed by atoms with E-state index in [1.165, 1.54) is 17.7 Å². The zero-order valence-corrected chi connectivity index (χ0v) is 15.2. The Kier molecular flexibility index (Phi) is 4.30. The Bertz CT molecular complexity index is 898. The molecule has 1 aliphatic rings. The highest BCUT2D eigenvalue weighted by atomic mass is 32.1. The van der Waals surface area contributed by atoms with Gasteiger partial charge in [-0.1, -0.05) is 6.07 Å². The van der Waals surface area contributed by atoms with Gasteiger partial charge in [-0.2, -0.15) is 5.10 Å². The van der Waals surface area contributed by atoms with Gasteiger partial charge in [0, 0.05) is 4.88 Å². The number of fused-ring (bicyclic) bond motifs is 1. The average Bonchev–Trinajstić information content (AvgIpc) is 3.27. The van der Waals surface area contributed by atoms with E-state index in [4.69, 9.17) is 12.2 Å². The molecule has 124 valence electrons. The van der Waals surface area contributed by atoms with Crippen LogP contribution in [0.25, 0.3) is 10.7 Å². The smallest absolute Gasteiger partial charge is 0.246 e. The summed E-state index contributed by atoms with van der Waals surface area (Å²) in [7, 11) is 0. The van der Waals surface area contributed by atoms with Crippen LogP contribution in [0.4, 0.5) is 5.13 Å². The molecule has 0 spiro atoms. The topological polar surface area (TPSA) is 75.6 Å². The van der Waals surface area contributed by atoms with Crippen LogP contribution >= 0.6 is 34.9 Å². The number of anilines is 1. The number of hydrogen-bond acceptors (Lipinski definition) is 6. The molecule has 0 fully saturated rings. The van der Waals surface area contributed by atoms with E-state index in [1.54, 1.807) is 27.2 Å². The van der Waals surface area contributed by atoms with Crippen LogP contribution in [0, 0.1) is 4.77 Å². The molecule has 0 aliphatic heterocycles. The van der Waals surface area contributed by atoms with E-state index in [1.807, 2.05) is 17.5 Å². The number of aryl methyl sites for hydroxylation is 2. The lowest BCUT2D eigenvalue weighted by atomic mass is 10.0. The van der Waals surface area contributed by atoms with Gasteiger partial charge >= 0.3 is 0 Å². The number of thiazole rings is 1. The summed E-state index contributed by atoms with van der Waals surface area (Å²) in [5, 5.41) is 12.5. The first-order valence-corrected chi connectivity index (χ1v) is 9.78. The summed E-state index contributed by atoms with van der Waals surface area (Å²) in [6.45, 7) is 0.118. The summed E-state index contributed by atoms with van der Waals surface area (Å²) in [6, 6.07) is 3.90. The maximum atomic E-state index is 12.4. The Labute approximate surface area is 151 Å². The first kappa shape index (κ1) is 15.7. The molecule has 0 saturated carbocycles. The largest absolute Gasteiger partial charge is 0.300 e. The third kappa shape index (κ3) is 3.06. The Morgan fingerprint density at radius 3 is 3.08 bits per heavy atom. The Morgan fingerprint density at radius 2 is 2.29 bits per heavy atom. The first-order valence-electron chi connectivity index (χ1n) is 7.68. The number of carbonyl (C=O) groups excluding carboxylic acids is 1. The van der Waals surface area contributed by atoms with Crippen molar-refractivity contribution in [3.8, 4) is 10.7 Å². The minimum atomic E-state index is -0.142. The summed E-state index contributed by atoms with van der Waals surface area (Å²) in [6.07, 6.45) is 4.46. The van der Waals surface area contributed by atoms with E-state index in [2.05, 4.69) is 20.5 Å². The van der Waals surface area contributed by atoms with E-state index in [9.17, 15) is 4.79 Å². The number of nitrogens with zero attached hydrogens (tertiary/aromatic N) is 3. The minimum Gasteiger partial charge on any atom is -0.300 e. The second-order valence-electron chi connectivity index (χ2n) is 5.56. The third-order valence-corrected chi connectivity index (χ3v) is 6.14. The quantitative estimate of drug-likeness (QED) is 0.681. The lowest BCUT2D eigenvalue weighted by molar-refractivity contribution is -0.116. The first-order chi connectivity index (χ1) is 11.7. The molecule has 0 saturated heterocycles. The van der Waals surface area contributed by atoms with Crippen LogP contribution in [-0.4, -0.2) is 25.7 Å². The zero-order chi connectivity index (χ0) is 16.5. The van der Waals surface area contributed by atoms with E-state index in [0.29, 0.717) is 15.7 Å². The summed E-state index contributed by atoms with van der Waals surface area (Å²) in [5.74, 6) is 0.542. The number of amides is 1. The Hall–Kier alpha value is -1.84. The van der Waals surface area contributed by atoms with Gasteiger partial charge in [0.25, 0.3) is 0 Å². The summed E-state index contributed by atoms with van der Waals surface area (Å²) >= 11 is 8.40. The number of nitrogens with one attached hydrogen (secondary N) is 2. The molecule has 4 rings (SSSR count). The van der Waals surface area contributed by atoms with Crippen molar-refractivity contribution in [3.05, 3.63) is 32.9 Å². The standard InChI is InChI=1S/C15H15N5OS3/c21-12(17-14-16-9-4-1-2-5-10(9)24-14)8-20-13(18-19-15(20)22)11-6-3-7-23-11/h3,6-7H,1-2,4-5,8H2,(H,19,22)(H,16,17,21). The molecule has 1 aliphatic carbocycles. The number of thiophene rings is 1. The fourth-order valence-electron chi connectivity index (χ4n) is 2.77. The molecule has 6 nitrogen and oxygen atoms in total. The van der Waals surface area contributed by atoms with E-state index >= 15 is 0 Å². The maximum absolute atomic E-state index is 12.4. The summed E-state index contributed by atoms with van der Waals surface area (Å²) in [4.78, 5) is 19.2. The molecule has 0 unspecified atom stereocenters. The van der Waals surface area contributed by atoms with Crippen molar-refractivity contribution in [2.24, 2.45) is 0 Å². The molecule has 0 atom stereocenters. The van der Waals surface area contributed by atoms with Gasteiger partial charge in [0.05, 0.1) is 10.6 Å². The van der Waals surface area contributed by atoms with Crippen LogP contribution in [0.15, 0.2) is 17.5 Å². The third-order valence-electron chi connectivity index (χ3n) is 3.89. The average molecular weight is 378 g/mol. The SMILES string of the molecule is O=C(Cn1c(-c2cccs2)n[nH]c1=S)Nc1nc2c(s1)CCCC2. The van der Waals surface area contributed by atoms with Crippen LogP contribution in [-0.2, 0) is 24.2 Å². The molecule has 24 heavy (non-hydrogen) atoms. The van der Waals surface area contributed by atoms with Gasteiger partial charge in [-0.3, -0.25) is 14.5 Å². The van der Waals surface area contributed by atoms with Crippen LogP contribution < -0.4 is 5.32 Å². The predicted molar refractivity (Wildman–Crippen MR) is 98.1 cm³/mol. The molecule has 1 amide bonds. The van der Waals surface area contributed by atoms with Gasteiger partial charge in [-0.05, 0) is 49.3 Å². The molecular formula is C15H15N5OS3. The van der Waals surface area contributed by atoms with Crippen LogP contribution in [0.5, 0.6) is 0 Å². The molecule has 9 heteroatoms. The van der Waals surface area contributed by atoms with Gasteiger partial charge < -0.3 is 5.32 Å². The molecular weight excluding hydrogens is 362 g/mol. The maximum Gasteiger partial charge on any atom is 0.246 e. The number of H-pyrrole nitrogens is 1. The van der Waals surface area contributed by atoms with Gasteiger partial charge in [-0.15, -0.1) is 22.7 Å². The van der Waals surface area contributed by atoms with Crippen molar-refractivity contribution in [1.82, 2.24) is 19.7 Å². The molecule has 0 radical (unpaired) electrons. The lowest BCUT2D eigenvalue weighted by Crippen LogP contribution is -2.19. The van der Waals surface area contributed by atoms with Crippen LogP contribution in [0.3, 0.4) is 0 Å². The number of rotatable bonds is 4. The monoisotopic (exact) mass is 377 g/mol. The van der Waals surface area contributed by atoms with Crippen molar-refractivity contribution < 1.29 is 4.79 Å². The highest BCUT2D eigenvalue weighted by Crippen LogP contribution is 2.29. The van der Waals surface area contributed by atoms with E-state index < -0.39 is 0 Å². The summed E-state index contributed by atoms with van der Waals surface area (Å²) < 4.78 is 2.15. The van der Waals surface area contributed by atoms with Crippen molar-refractivity contribution in [3.63, 3.8) is 0 Å². The summed E-state index contributed by atoms with van der Waals surface area (Å²) in [5.41, 5.74) is 1.14. The Morgan fingerprint density at radius 1 is 1.42 bits per heavy atom. The number of carbonyl (C=O) groups is 1. The second kappa shape index (κ2) is 6.58. The van der Waals surface area contributed by atoms with Crippen molar-refractivity contribution >= 4 is 45.9 Å². The molecule has 3 aromatic rings. The molecule has 0 aromatic carbocycles. The van der Waals surface area contributed by atoms with Crippen LogP contribution in [0.1, 0.15) is 23.4 Å². The van der Waals surface area contributed by atoms with Gasteiger partial charge in [0.15, 0.2) is 15.7 Å². The van der Waals surface area contributed by atoms with Crippen molar-refractivity contribution in [2.75, 3.05) is 5.32 Å². The van der Waals surface area contributed by atoms with Gasteiger partial charge in [0.2, 0.25) is 5.91 Å². The molecule has 3 aromatic heterocycles.